The van der Waals surface area contributed by atoms with Gasteiger partial charge in [-0.05, 0) is 51.1 Å². The molecule has 3 nitrogen and oxygen atoms in total. The van der Waals surface area contributed by atoms with Crippen molar-refractivity contribution in [3.8, 4) is 0 Å². The standard InChI is InChI=1S/C14H25NO2S/c1-10-6-9-18-13(10)12(11(2)15)17-8-7-14(3,4)16-5/h6,9,11-12H,7-8,15H2,1-5H3. The van der Waals surface area contributed by atoms with Crippen LogP contribution in [-0.2, 0) is 9.47 Å². The van der Waals surface area contributed by atoms with Crippen LogP contribution >= 0.6 is 11.3 Å². The molecule has 104 valence electrons. The Labute approximate surface area is 114 Å². The highest BCUT2D eigenvalue weighted by Crippen LogP contribution is 2.29. The van der Waals surface area contributed by atoms with E-state index in [0.29, 0.717) is 6.61 Å². The zero-order chi connectivity index (χ0) is 13.8. The third-order valence-electron chi connectivity index (χ3n) is 3.19. The van der Waals surface area contributed by atoms with Crippen LogP contribution in [0.2, 0.25) is 0 Å². The van der Waals surface area contributed by atoms with Gasteiger partial charge in [-0.15, -0.1) is 11.3 Å². The van der Waals surface area contributed by atoms with Crippen molar-refractivity contribution < 1.29 is 9.47 Å². The van der Waals surface area contributed by atoms with Gasteiger partial charge in [0.05, 0.1) is 12.2 Å². The normalized spacial score (nSPS) is 15.7. The van der Waals surface area contributed by atoms with Crippen LogP contribution < -0.4 is 5.73 Å². The lowest BCUT2D eigenvalue weighted by molar-refractivity contribution is -0.0310. The first-order valence-corrected chi connectivity index (χ1v) is 7.21. The van der Waals surface area contributed by atoms with E-state index in [2.05, 4.69) is 32.2 Å². The molecule has 0 spiro atoms. The summed E-state index contributed by atoms with van der Waals surface area (Å²) in [6, 6.07) is 2.10. The van der Waals surface area contributed by atoms with Gasteiger partial charge in [0.15, 0.2) is 0 Å². The molecule has 1 aromatic heterocycles. The lowest BCUT2D eigenvalue weighted by Crippen LogP contribution is -2.30. The van der Waals surface area contributed by atoms with E-state index in [4.69, 9.17) is 15.2 Å². The molecule has 0 saturated heterocycles. The largest absolute Gasteiger partial charge is 0.379 e. The van der Waals surface area contributed by atoms with Crippen LogP contribution in [0.15, 0.2) is 11.4 Å². The van der Waals surface area contributed by atoms with E-state index in [1.807, 2.05) is 6.92 Å². The molecule has 0 amide bonds. The fourth-order valence-corrected chi connectivity index (χ4v) is 2.77. The summed E-state index contributed by atoms with van der Waals surface area (Å²) in [5.41, 5.74) is 7.14. The topological polar surface area (TPSA) is 44.5 Å². The summed E-state index contributed by atoms with van der Waals surface area (Å²) in [7, 11) is 1.73. The highest BCUT2D eigenvalue weighted by Gasteiger charge is 2.22. The minimum atomic E-state index is -0.146. The summed E-state index contributed by atoms with van der Waals surface area (Å²) in [6.07, 6.45) is 0.842. The maximum atomic E-state index is 6.03. The first-order valence-electron chi connectivity index (χ1n) is 6.33. The molecule has 0 aliphatic rings. The van der Waals surface area contributed by atoms with Gasteiger partial charge in [0.25, 0.3) is 0 Å². The van der Waals surface area contributed by atoms with Crippen molar-refractivity contribution in [2.45, 2.75) is 51.9 Å². The number of ether oxygens (including phenoxy) is 2. The van der Waals surface area contributed by atoms with Crippen LogP contribution in [0.1, 0.15) is 43.7 Å². The molecular weight excluding hydrogens is 246 g/mol. The second-order valence-corrected chi connectivity index (χ2v) is 6.28. The minimum absolute atomic E-state index is 0.00647. The van der Waals surface area contributed by atoms with Crippen molar-refractivity contribution in [1.29, 1.82) is 0 Å². The SMILES string of the molecule is COC(C)(C)CCOC(c1sccc1C)C(C)N. The lowest BCUT2D eigenvalue weighted by atomic mass is 10.1. The summed E-state index contributed by atoms with van der Waals surface area (Å²) in [4.78, 5) is 1.24. The average Bonchev–Trinajstić information content (AvgIpc) is 2.70. The predicted octanol–water partition coefficient (Wildman–Crippen LogP) is 3.28. The third kappa shape index (κ3) is 4.35. The Kier molecular flexibility index (Phi) is 5.79. The quantitative estimate of drug-likeness (QED) is 0.827. The van der Waals surface area contributed by atoms with Crippen LogP contribution in [0.25, 0.3) is 0 Å². The van der Waals surface area contributed by atoms with Crippen molar-refractivity contribution >= 4 is 11.3 Å². The lowest BCUT2D eigenvalue weighted by Gasteiger charge is -2.26. The van der Waals surface area contributed by atoms with Gasteiger partial charge < -0.3 is 15.2 Å². The molecule has 0 fully saturated rings. The van der Waals surface area contributed by atoms with Gasteiger partial charge in [-0.3, -0.25) is 0 Å². The van der Waals surface area contributed by atoms with E-state index in [1.54, 1.807) is 18.4 Å². The number of hydrogen-bond donors (Lipinski definition) is 1. The van der Waals surface area contributed by atoms with E-state index in [1.165, 1.54) is 10.4 Å². The number of aryl methyl sites for hydroxylation is 1. The van der Waals surface area contributed by atoms with Gasteiger partial charge in [-0.1, -0.05) is 0 Å². The van der Waals surface area contributed by atoms with Crippen molar-refractivity contribution in [2.75, 3.05) is 13.7 Å². The zero-order valence-electron chi connectivity index (χ0n) is 12.0. The predicted molar refractivity (Wildman–Crippen MR) is 77.1 cm³/mol. The summed E-state index contributed by atoms with van der Waals surface area (Å²) in [5.74, 6) is 0. The molecule has 1 rings (SSSR count). The Bertz CT molecular complexity index is 360. The summed E-state index contributed by atoms with van der Waals surface area (Å²) >= 11 is 1.71. The first-order chi connectivity index (χ1) is 8.37. The van der Waals surface area contributed by atoms with E-state index >= 15 is 0 Å². The van der Waals surface area contributed by atoms with Gasteiger partial charge in [-0.25, -0.2) is 0 Å². The second kappa shape index (κ2) is 6.66. The Morgan fingerprint density at radius 3 is 2.56 bits per heavy atom. The van der Waals surface area contributed by atoms with Gasteiger partial charge >= 0.3 is 0 Å². The summed E-state index contributed by atoms with van der Waals surface area (Å²) < 4.78 is 11.4. The fraction of sp³-hybridized carbons (Fsp3) is 0.714. The van der Waals surface area contributed by atoms with Crippen molar-refractivity contribution in [2.24, 2.45) is 5.73 Å². The van der Waals surface area contributed by atoms with Crippen molar-refractivity contribution in [1.82, 2.24) is 0 Å². The molecule has 4 heteroatoms. The number of nitrogens with two attached hydrogens (primary N) is 1. The number of methoxy groups -OCH3 is 1. The maximum absolute atomic E-state index is 6.03. The van der Waals surface area contributed by atoms with Gasteiger partial charge in [0.1, 0.15) is 6.10 Å². The molecule has 2 unspecified atom stereocenters. The zero-order valence-corrected chi connectivity index (χ0v) is 12.8. The second-order valence-electron chi connectivity index (χ2n) is 5.33. The van der Waals surface area contributed by atoms with Gasteiger partial charge in [-0.2, -0.15) is 0 Å². The molecule has 0 bridgehead atoms. The highest BCUT2D eigenvalue weighted by molar-refractivity contribution is 7.10. The average molecular weight is 271 g/mol. The van der Waals surface area contributed by atoms with E-state index in [-0.39, 0.29) is 17.7 Å². The van der Waals surface area contributed by atoms with Gasteiger partial charge in [0.2, 0.25) is 0 Å². The number of hydrogen-bond acceptors (Lipinski definition) is 4. The number of rotatable bonds is 7. The molecule has 0 aliphatic heterocycles. The molecule has 0 saturated carbocycles. The molecule has 0 radical (unpaired) electrons. The van der Waals surface area contributed by atoms with Crippen LogP contribution in [-0.4, -0.2) is 25.4 Å². The molecule has 18 heavy (non-hydrogen) atoms. The molecule has 2 N–H and O–H groups in total. The molecular formula is C14H25NO2S. The Balaban J connectivity index is 2.58. The molecule has 0 aliphatic carbocycles. The Hall–Kier alpha value is -0.420. The Morgan fingerprint density at radius 1 is 1.44 bits per heavy atom. The third-order valence-corrected chi connectivity index (χ3v) is 4.27. The molecule has 0 aromatic carbocycles. The Morgan fingerprint density at radius 2 is 2.11 bits per heavy atom. The summed E-state index contributed by atoms with van der Waals surface area (Å²) in [6.45, 7) is 8.88. The van der Waals surface area contributed by atoms with Crippen molar-refractivity contribution in [3.05, 3.63) is 21.9 Å². The van der Waals surface area contributed by atoms with E-state index in [0.717, 1.165) is 6.42 Å². The molecule has 2 atom stereocenters. The first kappa shape index (κ1) is 15.6. The fourth-order valence-electron chi connectivity index (χ4n) is 1.68. The van der Waals surface area contributed by atoms with Crippen molar-refractivity contribution in [3.63, 3.8) is 0 Å². The van der Waals surface area contributed by atoms with Crippen LogP contribution in [0.3, 0.4) is 0 Å². The van der Waals surface area contributed by atoms with Gasteiger partial charge in [0, 0.05) is 18.0 Å². The highest BCUT2D eigenvalue weighted by atomic mass is 32.1. The number of thiophene rings is 1. The van der Waals surface area contributed by atoms with E-state index < -0.39 is 0 Å². The monoisotopic (exact) mass is 271 g/mol. The van der Waals surface area contributed by atoms with Crippen LogP contribution in [0, 0.1) is 6.92 Å². The van der Waals surface area contributed by atoms with E-state index in [9.17, 15) is 0 Å². The maximum Gasteiger partial charge on any atom is 0.107 e. The molecule has 1 heterocycles. The summed E-state index contributed by atoms with van der Waals surface area (Å²) in [5, 5.41) is 2.09. The van der Waals surface area contributed by atoms with Crippen LogP contribution in [0.5, 0.6) is 0 Å². The smallest absolute Gasteiger partial charge is 0.107 e. The minimum Gasteiger partial charge on any atom is -0.379 e. The molecule has 1 aromatic rings. The van der Waals surface area contributed by atoms with Crippen LogP contribution in [0.4, 0.5) is 0 Å².